The minimum Gasteiger partial charge on any atom is -0.497 e. The monoisotopic (exact) mass is 289 g/mol. The molecule has 2 N–H and O–H groups in total. The summed E-state index contributed by atoms with van der Waals surface area (Å²) in [5.41, 5.74) is 0.775. The van der Waals surface area contributed by atoms with Crippen molar-refractivity contribution < 1.29 is 19.4 Å². The van der Waals surface area contributed by atoms with Crippen molar-refractivity contribution in [1.29, 1.82) is 0 Å². The third-order valence-electron chi connectivity index (χ3n) is 2.75. The minimum absolute atomic E-state index is 0.0711. The Bertz CT molecular complexity index is 624. The van der Waals surface area contributed by atoms with Gasteiger partial charge in [0.05, 0.1) is 26.5 Å². The lowest BCUT2D eigenvalue weighted by molar-refractivity contribution is 0.101. The molecule has 7 heteroatoms. The highest BCUT2D eigenvalue weighted by Crippen LogP contribution is 2.26. The van der Waals surface area contributed by atoms with Crippen molar-refractivity contribution in [2.75, 3.05) is 19.5 Å². The summed E-state index contributed by atoms with van der Waals surface area (Å²) < 4.78 is 10.3. The van der Waals surface area contributed by atoms with Crippen LogP contribution >= 0.6 is 0 Å². The van der Waals surface area contributed by atoms with E-state index < -0.39 is 5.91 Å². The summed E-state index contributed by atoms with van der Waals surface area (Å²) in [7, 11) is 3.04. The van der Waals surface area contributed by atoms with Gasteiger partial charge < -0.3 is 19.9 Å². The number of aromatic nitrogens is 2. The highest BCUT2D eigenvalue weighted by Gasteiger charge is 2.14. The lowest BCUT2D eigenvalue weighted by Crippen LogP contribution is -2.17. The summed E-state index contributed by atoms with van der Waals surface area (Å²) in [5, 5.41) is 11.8. The van der Waals surface area contributed by atoms with Gasteiger partial charge in [0.1, 0.15) is 11.5 Å². The average molecular weight is 289 g/mol. The van der Waals surface area contributed by atoms with Crippen molar-refractivity contribution in [3.8, 4) is 11.5 Å². The van der Waals surface area contributed by atoms with E-state index >= 15 is 0 Å². The number of anilines is 1. The molecule has 21 heavy (non-hydrogen) atoms. The average Bonchev–Trinajstić information content (AvgIpc) is 2.54. The van der Waals surface area contributed by atoms with E-state index in [1.54, 1.807) is 18.2 Å². The second kappa shape index (κ2) is 6.67. The Kier molecular flexibility index (Phi) is 4.68. The number of aliphatic hydroxyl groups excluding tert-OH is 1. The summed E-state index contributed by atoms with van der Waals surface area (Å²) in [5.74, 6) is 0.625. The molecule has 2 rings (SSSR count). The number of carbonyl (C=O) groups is 1. The zero-order valence-corrected chi connectivity index (χ0v) is 11.7. The van der Waals surface area contributed by atoms with Crippen LogP contribution in [-0.2, 0) is 6.61 Å². The molecule has 0 aliphatic heterocycles. The molecule has 1 aromatic heterocycles. The summed E-state index contributed by atoms with van der Waals surface area (Å²) in [6, 6.07) is 4.99. The van der Waals surface area contributed by atoms with Crippen molar-refractivity contribution in [1.82, 2.24) is 9.97 Å². The smallest absolute Gasteiger partial charge is 0.276 e. The minimum atomic E-state index is -0.470. The molecule has 0 spiro atoms. The Morgan fingerprint density at radius 1 is 1.14 bits per heavy atom. The molecule has 7 nitrogen and oxygen atoms in total. The molecular weight excluding hydrogens is 274 g/mol. The summed E-state index contributed by atoms with van der Waals surface area (Å²) in [6.45, 7) is -0.363. The van der Waals surface area contributed by atoms with Crippen LogP contribution in [0, 0.1) is 0 Å². The second-order valence-electron chi connectivity index (χ2n) is 4.07. The van der Waals surface area contributed by atoms with Crippen LogP contribution in [0.5, 0.6) is 11.5 Å². The van der Waals surface area contributed by atoms with Gasteiger partial charge in [0.2, 0.25) is 0 Å². The van der Waals surface area contributed by atoms with E-state index in [4.69, 9.17) is 9.47 Å². The highest BCUT2D eigenvalue weighted by atomic mass is 16.5. The Labute approximate surface area is 121 Å². The topological polar surface area (TPSA) is 93.6 Å². The maximum atomic E-state index is 12.2. The zero-order chi connectivity index (χ0) is 15.2. The van der Waals surface area contributed by atoms with Gasteiger partial charge in [-0.1, -0.05) is 0 Å². The fourth-order valence-electron chi connectivity index (χ4n) is 1.74. The fourth-order valence-corrected chi connectivity index (χ4v) is 1.74. The summed E-state index contributed by atoms with van der Waals surface area (Å²) in [6.07, 6.45) is 2.80. The van der Waals surface area contributed by atoms with Crippen LogP contribution in [-0.4, -0.2) is 35.2 Å². The van der Waals surface area contributed by atoms with Crippen LogP contribution < -0.4 is 14.8 Å². The van der Waals surface area contributed by atoms with E-state index in [0.29, 0.717) is 17.2 Å². The van der Waals surface area contributed by atoms with Gasteiger partial charge in [-0.25, -0.2) is 4.98 Å². The normalized spacial score (nSPS) is 10.0. The van der Waals surface area contributed by atoms with E-state index in [9.17, 15) is 9.90 Å². The number of rotatable bonds is 5. The molecule has 1 heterocycles. The molecule has 0 fully saturated rings. The van der Waals surface area contributed by atoms with E-state index in [1.807, 2.05) is 0 Å². The largest absolute Gasteiger partial charge is 0.497 e. The number of hydrogen-bond acceptors (Lipinski definition) is 6. The van der Waals surface area contributed by atoms with E-state index in [1.165, 1.54) is 26.6 Å². The number of amides is 1. The van der Waals surface area contributed by atoms with Gasteiger partial charge in [0, 0.05) is 36.3 Å². The molecular formula is C14H15N3O4. The van der Waals surface area contributed by atoms with Crippen LogP contribution in [0.1, 0.15) is 16.2 Å². The standard InChI is InChI=1S/C14H15N3O4/c1-20-10-5-9(6-11(7-10)21-2)17-14(19)13-12(8-18)15-3-4-16-13/h3-7,18H,8H2,1-2H3,(H,17,19). The van der Waals surface area contributed by atoms with Gasteiger partial charge in [-0.2, -0.15) is 0 Å². The first kappa shape index (κ1) is 14.7. The molecule has 2 aromatic rings. The Hall–Kier alpha value is -2.67. The van der Waals surface area contributed by atoms with Crippen molar-refractivity contribution in [2.45, 2.75) is 6.61 Å². The van der Waals surface area contributed by atoms with Crippen molar-refractivity contribution >= 4 is 11.6 Å². The van der Waals surface area contributed by atoms with Crippen LogP contribution in [0.25, 0.3) is 0 Å². The van der Waals surface area contributed by atoms with Crippen molar-refractivity contribution in [3.63, 3.8) is 0 Å². The van der Waals surface area contributed by atoms with Gasteiger partial charge in [0.15, 0.2) is 5.69 Å². The predicted molar refractivity (Wildman–Crippen MR) is 75.5 cm³/mol. The predicted octanol–water partition coefficient (Wildman–Crippen LogP) is 1.24. The third-order valence-corrected chi connectivity index (χ3v) is 2.75. The Balaban J connectivity index is 2.27. The third kappa shape index (κ3) is 3.46. The second-order valence-corrected chi connectivity index (χ2v) is 4.07. The Morgan fingerprint density at radius 3 is 2.33 bits per heavy atom. The number of hydrogen-bond donors (Lipinski definition) is 2. The molecule has 0 aliphatic rings. The van der Waals surface area contributed by atoms with E-state index in [0.717, 1.165) is 0 Å². The summed E-state index contributed by atoms with van der Waals surface area (Å²) >= 11 is 0. The number of carbonyl (C=O) groups excluding carboxylic acids is 1. The SMILES string of the molecule is COc1cc(NC(=O)c2nccnc2CO)cc(OC)c1. The Morgan fingerprint density at radius 2 is 1.76 bits per heavy atom. The van der Waals surface area contributed by atoms with Gasteiger partial charge in [0.25, 0.3) is 5.91 Å². The summed E-state index contributed by atoms with van der Waals surface area (Å²) in [4.78, 5) is 20.0. The number of aliphatic hydroxyl groups is 1. The molecule has 0 radical (unpaired) electrons. The maximum absolute atomic E-state index is 12.2. The van der Waals surface area contributed by atoms with Crippen LogP contribution in [0.2, 0.25) is 0 Å². The molecule has 0 aliphatic carbocycles. The molecule has 0 atom stereocenters. The fraction of sp³-hybridized carbons (Fsp3) is 0.214. The number of nitrogens with one attached hydrogen (secondary N) is 1. The molecule has 1 amide bonds. The quantitative estimate of drug-likeness (QED) is 0.860. The van der Waals surface area contributed by atoms with Gasteiger partial charge in [-0.15, -0.1) is 0 Å². The molecule has 0 bridgehead atoms. The molecule has 110 valence electrons. The van der Waals surface area contributed by atoms with Gasteiger partial charge in [-0.3, -0.25) is 9.78 Å². The zero-order valence-electron chi connectivity index (χ0n) is 11.7. The van der Waals surface area contributed by atoms with Gasteiger partial charge >= 0.3 is 0 Å². The van der Waals surface area contributed by atoms with Gasteiger partial charge in [-0.05, 0) is 0 Å². The number of benzene rings is 1. The van der Waals surface area contributed by atoms with Crippen LogP contribution in [0.15, 0.2) is 30.6 Å². The van der Waals surface area contributed by atoms with E-state index in [2.05, 4.69) is 15.3 Å². The van der Waals surface area contributed by atoms with Crippen molar-refractivity contribution in [3.05, 3.63) is 42.0 Å². The highest BCUT2D eigenvalue weighted by molar-refractivity contribution is 6.03. The number of nitrogens with zero attached hydrogens (tertiary/aromatic N) is 2. The molecule has 0 saturated heterocycles. The molecule has 1 aromatic carbocycles. The van der Waals surface area contributed by atoms with Crippen molar-refractivity contribution in [2.24, 2.45) is 0 Å². The lowest BCUT2D eigenvalue weighted by atomic mass is 10.2. The van der Waals surface area contributed by atoms with E-state index in [-0.39, 0.29) is 18.0 Å². The molecule has 0 saturated carbocycles. The maximum Gasteiger partial charge on any atom is 0.276 e. The van der Waals surface area contributed by atoms with Crippen LogP contribution in [0.4, 0.5) is 5.69 Å². The van der Waals surface area contributed by atoms with Crippen LogP contribution in [0.3, 0.4) is 0 Å². The lowest BCUT2D eigenvalue weighted by Gasteiger charge is -2.10. The number of ether oxygens (including phenoxy) is 2. The first-order chi connectivity index (χ1) is 10.2. The first-order valence-electron chi connectivity index (χ1n) is 6.13. The first-order valence-corrected chi connectivity index (χ1v) is 6.13. The number of methoxy groups -OCH3 is 2. The molecule has 0 unspecified atom stereocenters.